The topological polar surface area (TPSA) is 46.2 Å². The van der Waals surface area contributed by atoms with Gasteiger partial charge in [0, 0.05) is 12.3 Å². The molecule has 0 fully saturated rings. The van der Waals surface area contributed by atoms with Crippen LogP contribution >= 0.6 is 11.8 Å². The van der Waals surface area contributed by atoms with E-state index in [2.05, 4.69) is 18.5 Å². The maximum atomic E-state index is 11.4. The summed E-state index contributed by atoms with van der Waals surface area (Å²) in [4.78, 5) is 0.378. The maximum absolute atomic E-state index is 11.4. The van der Waals surface area contributed by atoms with Gasteiger partial charge in [0.1, 0.15) is 0 Å². The molecule has 0 aliphatic heterocycles. The van der Waals surface area contributed by atoms with E-state index in [1.165, 1.54) is 24.9 Å². The Hall–Kier alpha value is -0.520. The first kappa shape index (κ1) is 16.5. The van der Waals surface area contributed by atoms with E-state index in [1.807, 2.05) is 23.9 Å². The minimum atomic E-state index is -3.10. The smallest absolute Gasteiger partial charge is 0.175 e. The van der Waals surface area contributed by atoms with Crippen LogP contribution in [0.25, 0.3) is 0 Å². The van der Waals surface area contributed by atoms with Crippen molar-refractivity contribution in [3.8, 4) is 0 Å². The van der Waals surface area contributed by atoms with Gasteiger partial charge in [0.25, 0.3) is 0 Å². The second-order valence-corrected chi connectivity index (χ2v) is 7.72. The van der Waals surface area contributed by atoms with Gasteiger partial charge in [0.15, 0.2) is 9.84 Å². The minimum absolute atomic E-state index is 0.253. The lowest BCUT2D eigenvalue weighted by molar-refractivity contribution is 0.555. The lowest BCUT2D eigenvalue weighted by Gasteiger charge is -2.14. The molecule has 0 saturated carbocycles. The van der Waals surface area contributed by atoms with Gasteiger partial charge in [-0.2, -0.15) is 11.8 Å². The molecule has 5 heteroatoms. The normalized spacial score (nSPS) is 13.4. The number of nitrogens with one attached hydrogen (secondary N) is 1. The van der Waals surface area contributed by atoms with Gasteiger partial charge >= 0.3 is 0 Å². The molecule has 0 bridgehead atoms. The molecule has 1 atom stereocenters. The highest BCUT2D eigenvalue weighted by atomic mass is 32.2. The van der Waals surface area contributed by atoms with Gasteiger partial charge in [-0.1, -0.05) is 12.1 Å². The fraction of sp³-hybridized carbons (Fsp3) is 0.571. The van der Waals surface area contributed by atoms with Crippen LogP contribution in [0.4, 0.5) is 0 Å². The van der Waals surface area contributed by atoms with E-state index in [9.17, 15) is 8.42 Å². The number of sulfone groups is 1. The largest absolute Gasteiger partial charge is 0.310 e. The van der Waals surface area contributed by atoms with Crippen LogP contribution in [0.1, 0.15) is 31.4 Å². The molecule has 0 radical (unpaired) electrons. The number of rotatable bonds is 8. The zero-order valence-corrected chi connectivity index (χ0v) is 13.5. The Labute approximate surface area is 121 Å². The fourth-order valence-electron chi connectivity index (χ4n) is 1.81. The van der Waals surface area contributed by atoms with E-state index in [1.54, 1.807) is 12.1 Å². The van der Waals surface area contributed by atoms with E-state index in [0.29, 0.717) is 4.90 Å². The molecule has 0 aromatic heterocycles. The summed E-state index contributed by atoms with van der Waals surface area (Å²) >= 11 is 1.88. The van der Waals surface area contributed by atoms with Crippen LogP contribution in [0.15, 0.2) is 29.2 Å². The Kier molecular flexibility index (Phi) is 6.89. The van der Waals surface area contributed by atoms with Crippen molar-refractivity contribution in [2.75, 3.05) is 24.8 Å². The van der Waals surface area contributed by atoms with Crippen molar-refractivity contribution in [3.05, 3.63) is 29.8 Å². The Morgan fingerprint density at radius 2 is 1.84 bits per heavy atom. The lowest BCUT2D eigenvalue weighted by atomic mass is 10.1. The first-order chi connectivity index (χ1) is 8.95. The third kappa shape index (κ3) is 5.97. The zero-order valence-electron chi connectivity index (χ0n) is 11.8. The molecule has 0 spiro atoms. The molecule has 108 valence electrons. The summed E-state index contributed by atoms with van der Waals surface area (Å²) in [6.07, 6.45) is 5.76. The monoisotopic (exact) mass is 301 g/mol. The van der Waals surface area contributed by atoms with Crippen molar-refractivity contribution >= 4 is 21.6 Å². The van der Waals surface area contributed by atoms with E-state index in [0.717, 1.165) is 12.1 Å². The summed E-state index contributed by atoms with van der Waals surface area (Å²) in [6.45, 7) is 3.10. The van der Waals surface area contributed by atoms with Crippen molar-refractivity contribution in [3.63, 3.8) is 0 Å². The van der Waals surface area contributed by atoms with Crippen LogP contribution in [-0.4, -0.2) is 33.2 Å². The highest BCUT2D eigenvalue weighted by Crippen LogP contribution is 2.16. The molecule has 19 heavy (non-hydrogen) atoms. The number of hydrogen-bond donors (Lipinski definition) is 1. The molecular weight excluding hydrogens is 278 g/mol. The summed E-state index contributed by atoms with van der Waals surface area (Å²) in [5.41, 5.74) is 1.12. The van der Waals surface area contributed by atoms with Gasteiger partial charge in [-0.15, -0.1) is 0 Å². The van der Waals surface area contributed by atoms with Crippen molar-refractivity contribution in [2.24, 2.45) is 0 Å². The quantitative estimate of drug-likeness (QED) is 0.750. The summed E-state index contributed by atoms with van der Waals surface area (Å²) < 4.78 is 22.7. The fourth-order valence-corrected chi connectivity index (χ4v) is 2.93. The molecule has 1 rings (SSSR count). The van der Waals surface area contributed by atoms with Gasteiger partial charge in [-0.05, 0) is 56.0 Å². The summed E-state index contributed by atoms with van der Waals surface area (Å²) in [6, 6.07) is 7.38. The summed E-state index contributed by atoms with van der Waals surface area (Å²) in [5.74, 6) is 1.21. The van der Waals surface area contributed by atoms with Gasteiger partial charge in [0.05, 0.1) is 4.90 Å². The molecule has 0 aliphatic carbocycles. The molecule has 3 nitrogen and oxygen atoms in total. The second kappa shape index (κ2) is 7.92. The Bertz CT molecular complexity index is 469. The molecule has 0 heterocycles. The van der Waals surface area contributed by atoms with Crippen molar-refractivity contribution in [1.82, 2.24) is 5.32 Å². The van der Waals surface area contributed by atoms with E-state index in [-0.39, 0.29) is 6.04 Å². The first-order valence-corrected chi connectivity index (χ1v) is 9.76. The van der Waals surface area contributed by atoms with Crippen LogP contribution in [0, 0.1) is 0 Å². The number of hydrogen-bond acceptors (Lipinski definition) is 4. The highest BCUT2D eigenvalue weighted by Gasteiger charge is 2.08. The zero-order chi connectivity index (χ0) is 14.3. The predicted molar refractivity (Wildman–Crippen MR) is 83.6 cm³/mol. The van der Waals surface area contributed by atoms with E-state index in [4.69, 9.17) is 0 Å². The average molecular weight is 301 g/mol. The van der Waals surface area contributed by atoms with Crippen LogP contribution in [-0.2, 0) is 9.84 Å². The number of thioether (sulfide) groups is 1. The number of unbranched alkanes of at least 4 members (excludes halogenated alkanes) is 1. The molecule has 1 aromatic carbocycles. The van der Waals surface area contributed by atoms with Gasteiger partial charge in [0.2, 0.25) is 0 Å². The van der Waals surface area contributed by atoms with Crippen LogP contribution < -0.4 is 5.32 Å². The molecule has 0 saturated heterocycles. The molecule has 0 aliphatic rings. The molecule has 0 amide bonds. The number of benzene rings is 1. The highest BCUT2D eigenvalue weighted by molar-refractivity contribution is 7.98. The Morgan fingerprint density at radius 3 is 2.37 bits per heavy atom. The van der Waals surface area contributed by atoms with Gasteiger partial charge in [-0.3, -0.25) is 0 Å². The van der Waals surface area contributed by atoms with Crippen LogP contribution in [0.2, 0.25) is 0 Å². The molecule has 1 aromatic rings. The summed E-state index contributed by atoms with van der Waals surface area (Å²) in [7, 11) is -3.10. The van der Waals surface area contributed by atoms with Crippen LogP contribution in [0.3, 0.4) is 0 Å². The standard InChI is InChI=1S/C14H23NO2S2/c1-12(15-10-4-5-11-18-2)13-6-8-14(9-7-13)19(3,16)17/h6-9,12,15H,4-5,10-11H2,1-3H3. The maximum Gasteiger partial charge on any atom is 0.175 e. The minimum Gasteiger partial charge on any atom is -0.310 e. The van der Waals surface area contributed by atoms with Crippen LogP contribution in [0.5, 0.6) is 0 Å². The van der Waals surface area contributed by atoms with Gasteiger partial charge < -0.3 is 5.32 Å². The molecular formula is C14H23NO2S2. The third-order valence-corrected chi connectivity index (χ3v) is 4.86. The van der Waals surface area contributed by atoms with E-state index >= 15 is 0 Å². The molecule has 1 unspecified atom stereocenters. The lowest BCUT2D eigenvalue weighted by Crippen LogP contribution is -2.20. The van der Waals surface area contributed by atoms with Crippen molar-refractivity contribution < 1.29 is 8.42 Å². The average Bonchev–Trinajstić information content (AvgIpc) is 2.37. The summed E-state index contributed by atoms with van der Waals surface area (Å²) in [5, 5.41) is 3.46. The van der Waals surface area contributed by atoms with Gasteiger partial charge in [-0.25, -0.2) is 8.42 Å². The van der Waals surface area contributed by atoms with Crippen molar-refractivity contribution in [1.29, 1.82) is 0 Å². The Balaban J connectivity index is 2.47. The first-order valence-electron chi connectivity index (χ1n) is 6.47. The second-order valence-electron chi connectivity index (χ2n) is 4.72. The predicted octanol–water partition coefficient (Wildman–Crippen LogP) is 2.88. The molecule has 1 N–H and O–H groups in total. The SMILES string of the molecule is CSCCCCNC(C)c1ccc(S(C)(=O)=O)cc1. The van der Waals surface area contributed by atoms with Crippen molar-refractivity contribution in [2.45, 2.75) is 30.7 Å². The third-order valence-electron chi connectivity index (χ3n) is 3.03. The van der Waals surface area contributed by atoms with E-state index < -0.39 is 9.84 Å². The Morgan fingerprint density at radius 1 is 1.21 bits per heavy atom.